The number of nitro benzene ring substituents is 1. The monoisotopic (exact) mass is 371 g/mol. The Labute approximate surface area is 155 Å². The fraction of sp³-hybridized carbons (Fsp3) is 0.158. The van der Waals surface area contributed by atoms with Crippen molar-refractivity contribution in [1.82, 2.24) is 0 Å². The van der Waals surface area contributed by atoms with Gasteiger partial charge in [0.15, 0.2) is 0 Å². The first-order valence-corrected chi connectivity index (χ1v) is 8.58. The lowest BCUT2D eigenvalue weighted by Crippen LogP contribution is -2.10. The molecule has 0 aliphatic heterocycles. The number of ether oxygens (including phenoxy) is 1. The highest BCUT2D eigenvalue weighted by Crippen LogP contribution is 2.28. The number of hydrogen-bond donors (Lipinski definition) is 0. The van der Waals surface area contributed by atoms with Crippen molar-refractivity contribution in [2.24, 2.45) is 0 Å². The van der Waals surface area contributed by atoms with Crippen molar-refractivity contribution in [2.45, 2.75) is 18.2 Å². The van der Waals surface area contributed by atoms with E-state index in [1.54, 1.807) is 18.2 Å². The maximum atomic E-state index is 11.6. The molecule has 0 unspecified atom stereocenters. The number of carbonyl (C=O) groups excluding carboxylic acids is 2. The van der Waals surface area contributed by atoms with E-state index < -0.39 is 10.9 Å². The van der Waals surface area contributed by atoms with E-state index >= 15 is 0 Å². The number of hydrogen-bond acceptors (Lipinski definition) is 6. The summed E-state index contributed by atoms with van der Waals surface area (Å²) in [5, 5.41) is 10.7. The first-order chi connectivity index (χ1) is 12.4. The van der Waals surface area contributed by atoms with Gasteiger partial charge < -0.3 is 4.74 Å². The fourth-order valence-electron chi connectivity index (χ4n) is 2.02. The molecule has 0 aromatic heterocycles. The maximum absolute atomic E-state index is 11.6. The quantitative estimate of drug-likeness (QED) is 0.227. The number of benzene rings is 2. The first-order valence-electron chi connectivity index (χ1n) is 7.77. The summed E-state index contributed by atoms with van der Waals surface area (Å²) in [5.41, 5.74) is 0.754. The van der Waals surface area contributed by atoms with Gasteiger partial charge in [0, 0.05) is 21.9 Å². The number of rotatable bonds is 8. The van der Waals surface area contributed by atoms with E-state index in [0.717, 1.165) is 15.4 Å². The zero-order valence-corrected chi connectivity index (χ0v) is 14.9. The molecule has 0 bridgehead atoms. The standard InChI is InChI=1S/C19H17NO5S/c1-14(21)11-19(22)25-13-18(26-17-5-3-2-4-6-17)12-15-7-9-16(10-8-15)20(23)24/h2-10,12H,11,13H2,1H3/b18-12+. The normalized spacial score (nSPS) is 11.0. The summed E-state index contributed by atoms with van der Waals surface area (Å²) < 4.78 is 5.16. The molecule has 0 aliphatic rings. The van der Waals surface area contributed by atoms with E-state index in [1.807, 2.05) is 30.3 Å². The van der Waals surface area contributed by atoms with Crippen LogP contribution in [-0.2, 0) is 14.3 Å². The van der Waals surface area contributed by atoms with Crippen LogP contribution in [0.25, 0.3) is 6.08 Å². The highest BCUT2D eigenvalue weighted by molar-refractivity contribution is 8.03. The summed E-state index contributed by atoms with van der Waals surface area (Å²) in [5.74, 6) is -0.840. The molecule has 2 aromatic rings. The predicted octanol–water partition coefficient (Wildman–Crippen LogP) is 4.25. The number of nitro groups is 1. The van der Waals surface area contributed by atoms with Gasteiger partial charge in [-0.15, -0.1) is 0 Å². The zero-order valence-electron chi connectivity index (χ0n) is 14.1. The molecule has 0 saturated heterocycles. The van der Waals surface area contributed by atoms with E-state index in [2.05, 4.69) is 0 Å². The minimum absolute atomic E-state index is 0.00676. The van der Waals surface area contributed by atoms with Crippen molar-refractivity contribution in [3.8, 4) is 0 Å². The van der Waals surface area contributed by atoms with Gasteiger partial charge in [0.1, 0.15) is 18.8 Å². The molecule has 6 nitrogen and oxygen atoms in total. The second-order valence-electron chi connectivity index (χ2n) is 5.41. The van der Waals surface area contributed by atoms with Gasteiger partial charge >= 0.3 is 5.97 Å². The predicted molar refractivity (Wildman–Crippen MR) is 99.6 cm³/mol. The van der Waals surface area contributed by atoms with Crippen LogP contribution in [0.15, 0.2) is 64.4 Å². The Bertz CT molecular complexity index is 816. The highest BCUT2D eigenvalue weighted by Gasteiger charge is 2.10. The average molecular weight is 371 g/mol. The molecule has 0 saturated carbocycles. The molecular weight excluding hydrogens is 354 g/mol. The summed E-state index contributed by atoms with van der Waals surface area (Å²) in [6.45, 7) is 1.34. The third-order valence-electron chi connectivity index (χ3n) is 3.19. The largest absolute Gasteiger partial charge is 0.460 e. The lowest BCUT2D eigenvalue weighted by atomic mass is 10.2. The average Bonchev–Trinajstić information content (AvgIpc) is 2.60. The molecular formula is C19H17NO5S. The Hall–Kier alpha value is -2.93. The number of carbonyl (C=O) groups is 2. The molecule has 0 N–H and O–H groups in total. The smallest absolute Gasteiger partial charge is 0.313 e. The van der Waals surface area contributed by atoms with E-state index in [0.29, 0.717) is 0 Å². The number of ketones is 1. The lowest BCUT2D eigenvalue weighted by Gasteiger charge is -2.09. The number of esters is 1. The van der Waals surface area contributed by atoms with Gasteiger partial charge in [-0.2, -0.15) is 0 Å². The zero-order chi connectivity index (χ0) is 18.9. The number of nitrogens with zero attached hydrogens (tertiary/aromatic N) is 1. The Balaban J connectivity index is 2.16. The van der Waals surface area contributed by atoms with Crippen molar-refractivity contribution in [3.05, 3.63) is 75.2 Å². The Morgan fingerprint density at radius 1 is 1.12 bits per heavy atom. The molecule has 0 fully saturated rings. The molecule has 26 heavy (non-hydrogen) atoms. The molecule has 0 aliphatic carbocycles. The summed E-state index contributed by atoms with van der Waals surface area (Å²) in [6, 6.07) is 15.6. The number of Topliss-reactive ketones (excluding diaryl/α,β-unsaturated/α-hetero) is 1. The van der Waals surface area contributed by atoms with Crippen LogP contribution in [-0.4, -0.2) is 23.3 Å². The molecule has 0 atom stereocenters. The summed E-state index contributed by atoms with van der Waals surface area (Å²) in [4.78, 5) is 34.6. The number of non-ortho nitro benzene ring substituents is 1. The van der Waals surface area contributed by atoms with Crippen LogP contribution < -0.4 is 0 Å². The molecule has 2 rings (SSSR count). The van der Waals surface area contributed by atoms with Crippen LogP contribution >= 0.6 is 11.8 Å². The maximum Gasteiger partial charge on any atom is 0.313 e. The Morgan fingerprint density at radius 2 is 1.77 bits per heavy atom. The van der Waals surface area contributed by atoms with Crippen molar-refractivity contribution in [3.63, 3.8) is 0 Å². The van der Waals surface area contributed by atoms with Crippen molar-refractivity contribution < 1.29 is 19.2 Å². The molecule has 2 aromatic carbocycles. The van der Waals surface area contributed by atoms with Crippen LogP contribution in [0.5, 0.6) is 0 Å². The SMILES string of the molecule is CC(=O)CC(=O)OC/C(=C\c1ccc([N+](=O)[O-])cc1)Sc1ccccc1. The van der Waals surface area contributed by atoms with Gasteiger partial charge in [0.05, 0.1) is 4.92 Å². The van der Waals surface area contributed by atoms with Crippen molar-refractivity contribution >= 4 is 35.3 Å². The van der Waals surface area contributed by atoms with Gasteiger partial charge in [-0.05, 0) is 42.8 Å². The highest BCUT2D eigenvalue weighted by atomic mass is 32.2. The van der Waals surface area contributed by atoms with Gasteiger partial charge in [0.25, 0.3) is 5.69 Å². The van der Waals surface area contributed by atoms with E-state index in [4.69, 9.17) is 4.74 Å². The molecule has 0 radical (unpaired) electrons. The molecule has 0 heterocycles. The first kappa shape index (κ1) is 19.4. The van der Waals surface area contributed by atoms with Crippen LogP contribution in [0.2, 0.25) is 0 Å². The van der Waals surface area contributed by atoms with Gasteiger partial charge in [-0.3, -0.25) is 19.7 Å². The van der Waals surface area contributed by atoms with Crippen molar-refractivity contribution in [1.29, 1.82) is 0 Å². The molecule has 134 valence electrons. The van der Waals surface area contributed by atoms with Gasteiger partial charge in [0.2, 0.25) is 0 Å². The van der Waals surface area contributed by atoms with Crippen molar-refractivity contribution in [2.75, 3.05) is 6.61 Å². The third-order valence-corrected chi connectivity index (χ3v) is 4.20. The van der Waals surface area contributed by atoms with E-state index in [1.165, 1.54) is 30.8 Å². The minimum Gasteiger partial charge on any atom is -0.460 e. The van der Waals surface area contributed by atoms with Crippen LogP contribution in [0, 0.1) is 10.1 Å². The second kappa shape index (κ2) is 9.53. The summed E-state index contributed by atoms with van der Waals surface area (Å²) >= 11 is 1.42. The molecule has 7 heteroatoms. The lowest BCUT2D eigenvalue weighted by molar-refractivity contribution is -0.384. The Morgan fingerprint density at radius 3 is 2.35 bits per heavy atom. The number of thioether (sulfide) groups is 1. The van der Waals surface area contributed by atoms with Crippen LogP contribution in [0.4, 0.5) is 5.69 Å². The minimum atomic E-state index is -0.583. The van der Waals surface area contributed by atoms with Crippen LogP contribution in [0.1, 0.15) is 18.9 Å². The molecule has 0 spiro atoms. The third kappa shape index (κ3) is 6.52. The van der Waals surface area contributed by atoms with Gasteiger partial charge in [-0.1, -0.05) is 30.0 Å². The molecule has 0 amide bonds. The van der Waals surface area contributed by atoms with Gasteiger partial charge in [-0.25, -0.2) is 0 Å². The summed E-state index contributed by atoms with van der Waals surface area (Å²) in [6.07, 6.45) is 1.53. The fourth-order valence-corrected chi connectivity index (χ4v) is 2.93. The van der Waals surface area contributed by atoms with E-state index in [-0.39, 0.29) is 24.5 Å². The van der Waals surface area contributed by atoms with Crippen LogP contribution in [0.3, 0.4) is 0 Å². The Kier molecular flexibility index (Phi) is 7.11. The topological polar surface area (TPSA) is 86.5 Å². The summed E-state index contributed by atoms with van der Waals surface area (Å²) in [7, 11) is 0. The second-order valence-corrected chi connectivity index (χ2v) is 6.61. The van der Waals surface area contributed by atoms with E-state index in [9.17, 15) is 19.7 Å².